The van der Waals surface area contributed by atoms with Crippen molar-refractivity contribution >= 4 is 51.9 Å². The molecular formula is C51H65N7O8S. The fourth-order valence-corrected chi connectivity index (χ4v) is 9.14. The average Bonchev–Trinajstić information content (AvgIpc) is 4.02. The summed E-state index contributed by atoms with van der Waals surface area (Å²) in [5.41, 5.74) is 11.1. The maximum atomic E-state index is 14.1. The van der Waals surface area contributed by atoms with E-state index in [-0.39, 0.29) is 50.5 Å². The van der Waals surface area contributed by atoms with E-state index in [9.17, 15) is 24.3 Å². The molecule has 1 aliphatic heterocycles. The van der Waals surface area contributed by atoms with Crippen LogP contribution in [0.4, 0.5) is 0 Å². The smallest absolute Gasteiger partial charge is 0.267 e. The molecule has 6 N–H and O–H groups in total. The van der Waals surface area contributed by atoms with Gasteiger partial charge in [0.15, 0.2) is 0 Å². The number of amides is 4. The predicted molar refractivity (Wildman–Crippen MR) is 260 cm³/mol. The summed E-state index contributed by atoms with van der Waals surface area (Å²) in [7, 11) is 0. The van der Waals surface area contributed by atoms with Crippen LogP contribution in [0.3, 0.4) is 0 Å². The second-order valence-corrected chi connectivity index (χ2v) is 19.1. The molecule has 0 spiro atoms. The number of nitrogens with zero attached hydrogens (tertiary/aromatic N) is 3. The summed E-state index contributed by atoms with van der Waals surface area (Å²) in [5.74, 6) is -1.74. The van der Waals surface area contributed by atoms with E-state index in [1.807, 2.05) is 94.7 Å². The van der Waals surface area contributed by atoms with Crippen LogP contribution in [0.1, 0.15) is 80.2 Å². The van der Waals surface area contributed by atoms with Gasteiger partial charge in [-0.3, -0.25) is 29.3 Å². The number of hydrogen-bond donors (Lipinski definition) is 6. The molecule has 0 aliphatic carbocycles. The number of likely N-dealkylation sites (tertiary alicyclic amines) is 1. The molecule has 1 fully saturated rings. The summed E-state index contributed by atoms with van der Waals surface area (Å²) >= 11 is 1.57. The molecule has 6 rings (SSSR count). The molecule has 16 heteroatoms. The molecule has 3 heterocycles. The van der Waals surface area contributed by atoms with Crippen molar-refractivity contribution in [2.75, 3.05) is 46.1 Å². The number of β-amino-alcohol motifs (C(OH)–C–C–N with tert-alkyl or cyclic N) is 1. The second kappa shape index (κ2) is 23.8. The summed E-state index contributed by atoms with van der Waals surface area (Å²) in [6.07, 6.45) is 2.99. The third kappa shape index (κ3) is 14.1. The Morgan fingerprint density at radius 3 is 2.36 bits per heavy atom. The van der Waals surface area contributed by atoms with E-state index < -0.39 is 35.4 Å². The van der Waals surface area contributed by atoms with Gasteiger partial charge in [-0.15, -0.1) is 11.3 Å². The van der Waals surface area contributed by atoms with E-state index in [4.69, 9.17) is 14.7 Å². The number of ether oxygens (including phenoxy) is 2. The van der Waals surface area contributed by atoms with Crippen LogP contribution >= 0.6 is 11.3 Å². The van der Waals surface area contributed by atoms with Gasteiger partial charge in [-0.2, -0.15) is 0 Å². The van der Waals surface area contributed by atoms with E-state index in [1.165, 1.54) is 21.9 Å². The summed E-state index contributed by atoms with van der Waals surface area (Å²) in [5, 5.41) is 26.6. The second-order valence-electron chi connectivity index (χ2n) is 18.2. The highest BCUT2D eigenvalue weighted by atomic mass is 32.1. The first-order valence-corrected chi connectivity index (χ1v) is 23.7. The molecule has 0 saturated carbocycles. The molecule has 4 atom stereocenters. The topological polar surface area (TPSA) is 198 Å². The van der Waals surface area contributed by atoms with Gasteiger partial charge in [0.05, 0.1) is 54.7 Å². The van der Waals surface area contributed by atoms with Gasteiger partial charge in [-0.25, -0.2) is 10.5 Å². The standard InChI is InChI=1S/C51H65N7O8S/c1-33(38-16-18-39(19-17-38)47-35(3)52-32-67-47)54-49(62)44-29-40(59)31-58(44)50(63)48(51(4,5)6)55-45(60)22-25-65-27-28-66-26-24-57(23-21-41-34(2)53-43-10-8-7-9-42(41)43)30-37-13-11-36(12-14-37)15-20-46(61)56-64/h7-20,32-33,40,44,48,53,59,64H,21-31H2,1-6H3,(H,54,62)(H,55,60)(H,56,61)/b20-15+/t33-,40+,44+,48+/m0/s1. The minimum Gasteiger partial charge on any atom is -0.391 e. The van der Waals surface area contributed by atoms with Crippen LogP contribution in [0.15, 0.2) is 84.4 Å². The van der Waals surface area contributed by atoms with Gasteiger partial charge in [0.2, 0.25) is 17.7 Å². The Balaban J connectivity index is 0.951. The van der Waals surface area contributed by atoms with Crippen molar-refractivity contribution < 1.29 is 39.0 Å². The van der Waals surface area contributed by atoms with Crippen molar-refractivity contribution in [3.63, 3.8) is 0 Å². The Hall–Kier alpha value is -5.75. The highest BCUT2D eigenvalue weighted by molar-refractivity contribution is 7.13. The Morgan fingerprint density at radius 1 is 0.955 bits per heavy atom. The molecule has 0 bridgehead atoms. The third-order valence-corrected chi connectivity index (χ3v) is 13.1. The SMILES string of the molecule is Cc1ncsc1-c1ccc([C@H](C)NC(=O)[C@H]2C[C@@H](O)CN2C(=O)[C@@H](NC(=O)CCOCCOCCN(CCc2c(C)[nH]c3ccccc23)Cc2ccc(/C=C/C(=O)NO)cc2)C(C)(C)C)cc1. The summed E-state index contributed by atoms with van der Waals surface area (Å²) in [6.45, 7) is 14.9. The molecule has 0 radical (unpaired) electrons. The number of carbonyl (C=O) groups is 4. The van der Waals surface area contributed by atoms with Gasteiger partial charge in [0, 0.05) is 61.7 Å². The van der Waals surface area contributed by atoms with Crippen LogP contribution in [-0.2, 0) is 41.6 Å². The average molecular weight is 936 g/mol. The number of aromatic nitrogens is 2. The van der Waals surface area contributed by atoms with Crippen LogP contribution in [-0.4, -0.2) is 118 Å². The lowest BCUT2D eigenvalue weighted by molar-refractivity contribution is -0.144. The number of rotatable bonds is 22. The molecule has 1 aliphatic rings. The van der Waals surface area contributed by atoms with Crippen LogP contribution in [0.2, 0.25) is 0 Å². The van der Waals surface area contributed by atoms with E-state index in [1.54, 1.807) is 22.9 Å². The molecule has 67 heavy (non-hydrogen) atoms. The number of carbonyl (C=O) groups excluding carboxylic acids is 4. The van der Waals surface area contributed by atoms with Crippen molar-refractivity contribution in [1.82, 2.24) is 35.9 Å². The molecule has 4 amide bonds. The summed E-state index contributed by atoms with van der Waals surface area (Å²) < 4.78 is 11.8. The first kappa shape index (κ1) is 50.7. The van der Waals surface area contributed by atoms with Gasteiger partial charge in [0.1, 0.15) is 12.1 Å². The number of fused-ring (bicyclic) bond motifs is 1. The normalized spacial score (nSPS) is 16.2. The zero-order chi connectivity index (χ0) is 48.1. The number of hydrogen-bond acceptors (Lipinski definition) is 11. The van der Waals surface area contributed by atoms with E-state index in [0.29, 0.717) is 26.3 Å². The molecule has 15 nitrogen and oxygen atoms in total. The Kier molecular flexibility index (Phi) is 18.0. The minimum atomic E-state index is -0.943. The number of H-pyrrole nitrogens is 1. The highest BCUT2D eigenvalue weighted by Gasteiger charge is 2.44. The highest BCUT2D eigenvalue weighted by Crippen LogP contribution is 2.30. The number of aliphatic hydroxyl groups excluding tert-OH is 1. The van der Waals surface area contributed by atoms with Crippen molar-refractivity contribution in [3.8, 4) is 10.4 Å². The van der Waals surface area contributed by atoms with Crippen molar-refractivity contribution in [1.29, 1.82) is 0 Å². The van der Waals surface area contributed by atoms with Crippen molar-refractivity contribution in [2.45, 2.75) is 91.6 Å². The maximum Gasteiger partial charge on any atom is 0.267 e. The first-order chi connectivity index (χ1) is 32.1. The minimum absolute atomic E-state index is 0.0127. The molecule has 358 valence electrons. The largest absolute Gasteiger partial charge is 0.391 e. The number of hydroxylamine groups is 1. The van der Waals surface area contributed by atoms with Gasteiger partial charge >= 0.3 is 0 Å². The lowest BCUT2D eigenvalue weighted by Gasteiger charge is -2.35. The van der Waals surface area contributed by atoms with Gasteiger partial charge < -0.3 is 35.1 Å². The Morgan fingerprint density at radius 2 is 1.67 bits per heavy atom. The Bertz CT molecular complexity index is 2460. The zero-order valence-corrected chi connectivity index (χ0v) is 40.2. The third-order valence-electron chi connectivity index (χ3n) is 12.1. The molecule has 0 unspecified atom stereocenters. The molecule has 1 saturated heterocycles. The van der Waals surface area contributed by atoms with Gasteiger partial charge in [0.25, 0.3) is 5.91 Å². The molecule has 2 aromatic heterocycles. The van der Waals surface area contributed by atoms with E-state index in [2.05, 4.69) is 50.6 Å². The van der Waals surface area contributed by atoms with E-state index in [0.717, 1.165) is 57.0 Å². The van der Waals surface area contributed by atoms with Crippen LogP contribution < -0.4 is 16.1 Å². The number of benzene rings is 3. The van der Waals surface area contributed by atoms with Crippen LogP contribution in [0.25, 0.3) is 27.4 Å². The lowest BCUT2D eigenvalue weighted by atomic mass is 9.85. The van der Waals surface area contributed by atoms with Crippen molar-refractivity contribution in [2.24, 2.45) is 5.41 Å². The lowest BCUT2D eigenvalue weighted by Crippen LogP contribution is -2.58. The quantitative estimate of drug-likeness (QED) is 0.0199. The molecule has 3 aromatic carbocycles. The fraction of sp³-hybridized carbons (Fsp3) is 0.431. The van der Waals surface area contributed by atoms with Gasteiger partial charge in [-0.1, -0.05) is 87.5 Å². The fourth-order valence-electron chi connectivity index (χ4n) is 8.33. The predicted octanol–water partition coefficient (Wildman–Crippen LogP) is 6.26. The van der Waals surface area contributed by atoms with Crippen LogP contribution in [0.5, 0.6) is 0 Å². The van der Waals surface area contributed by atoms with Crippen LogP contribution in [0, 0.1) is 19.3 Å². The Labute approximate surface area is 396 Å². The molecule has 5 aromatic rings. The van der Waals surface area contributed by atoms with Crippen molar-refractivity contribution in [3.05, 3.63) is 118 Å². The number of nitrogens with one attached hydrogen (secondary N) is 4. The number of thiazole rings is 1. The number of para-hydroxylation sites is 1. The number of aliphatic hydroxyl groups is 1. The van der Waals surface area contributed by atoms with E-state index >= 15 is 0 Å². The summed E-state index contributed by atoms with van der Waals surface area (Å²) in [4.78, 5) is 65.1. The summed E-state index contributed by atoms with van der Waals surface area (Å²) in [6, 6.07) is 22.0. The number of aryl methyl sites for hydroxylation is 2. The zero-order valence-electron chi connectivity index (χ0n) is 39.3. The van der Waals surface area contributed by atoms with Gasteiger partial charge in [-0.05, 0) is 72.6 Å². The molecular weight excluding hydrogens is 871 g/mol. The number of aromatic amines is 1. The first-order valence-electron chi connectivity index (χ1n) is 22.8. The monoisotopic (exact) mass is 935 g/mol. The maximum absolute atomic E-state index is 14.1.